The number of phenolic OH excluding ortho intramolecular Hbond substituents is 1. The molecule has 9 nitrogen and oxygen atoms in total. The van der Waals surface area contributed by atoms with Crippen LogP contribution in [0.1, 0.15) is 22.7 Å². The van der Waals surface area contributed by atoms with Gasteiger partial charge in [0.15, 0.2) is 0 Å². The van der Waals surface area contributed by atoms with Crippen molar-refractivity contribution in [2.45, 2.75) is 12.5 Å². The topological polar surface area (TPSA) is 123 Å². The lowest BCUT2D eigenvalue weighted by Gasteiger charge is -2.26. The Kier molecular flexibility index (Phi) is 7.15. The van der Waals surface area contributed by atoms with Crippen LogP contribution in [0.2, 0.25) is 0 Å². The minimum atomic E-state index is -1.06. The van der Waals surface area contributed by atoms with Gasteiger partial charge >= 0.3 is 5.97 Å². The van der Waals surface area contributed by atoms with E-state index in [-0.39, 0.29) is 29.1 Å². The summed E-state index contributed by atoms with van der Waals surface area (Å²) in [6, 6.07) is 16.3. The summed E-state index contributed by atoms with van der Waals surface area (Å²) in [5.74, 6) is -2.03. The highest BCUT2D eigenvalue weighted by Crippen LogP contribution is 2.44. The number of nitrogens with zero attached hydrogens (tertiary/aromatic N) is 1. The Morgan fingerprint density at radius 1 is 0.946 bits per heavy atom. The smallest absolute Gasteiger partial charge is 0.309 e. The van der Waals surface area contributed by atoms with Gasteiger partial charge in [0.05, 0.1) is 44.9 Å². The zero-order chi connectivity index (χ0) is 26.7. The number of Topliss-reactive ketones (excluding diaryl/α,β-unsaturated/α-hetero) is 1. The van der Waals surface area contributed by atoms with Gasteiger partial charge in [-0.25, -0.2) is 0 Å². The number of hydrogen-bond acceptors (Lipinski definition) is 8. The number of rotatable bonds is 7. The molecule has 1 fully saturated rings. The van der Waals surface area contributed by atoms with Crippen molar-refractivity contribution < 1.29 is 38.8 Å². The highest BCUT2D eigenvalue weighted by Gasteiger charge is 2.47. The summed E-state index contributed by atoms with van der Waals surface area (Å²) in [5.41, 5.74) is 1.41. The monoisotopic (exact) mass is 503 g/mol. The van der Waals surface area contributed by atoms with Gasteiger partial charge in [-0.3, -0.25) is 19.3 Å². The van der Waals surface area contributed by atoms with Gasteiger partial charge < -0.3 is 24.4 Å². The summed E-state index contributed by atoms with van der Waals surface area (Å²) in [4.78, 5) is 39.6. The molecular weight excluding hydrogens is 478 g/mol. The average molecular weight is 504 g/mol. The predicted molar refractivity (Wildman–Crippen MR) is 135 cm³/mol. The SMILES string of the molecule is COC(=O)Cc1ccc(N2C(=O)C(=O)/C(=C(/O)c3cc(OC)ccc3OC)C2c2cccc(O)c2)cc1. The first-order chi connectivity index (χ1) is 17.8. The van der Waals surface area contributed by atoms with Crippen LogP contribution < -0.4 is 14.4 Å². The molecule has 0 aliphatic carbocycles. The van der Waals surface area contributed by atoms with Gasteiger partial charge in [0.2, 0.25) is 0 Å². The normalized spacial score (nSPS) is 16.5. The minimum Gasteiger partial charge on any atom is -0.508 e. The number of aliphatic hydroxyl groups is 1. The number of esters is 1. The van der Waals surface area contributed by atoms with Gasteiger partial charge in [0.1, 0.15) is 23.0 Å². The van der Waals surface area contributed by atoms with E-state index < -0.39 is 29.5 Å². The number of amides is 1. The van der Waals surface area contributed by atoms with Crippen LogP contribution in [-0.4, -0.2) is 49.2 Å². The molecule has 0 bridgehead atoms. The van der Waals surface area contributed by atoms with E-state index in [4.69, 9.17) is 14.2 Å². The fourth-order valence-corrected chi connectivity index (χ4v) is 4.27. The van der Waals surface area contributed by atoms with Crippen molar-refractivity contribution in [2.24, 2.45) is 0 Å². The van der Waals surface area contributed by atoms with Crippen molar-refractivity contribution in [3.8, 4) is 17.2 Å². The number of anilines is 1. The summed E-state index contributed by atoms with van der Waals surface area (Å²) in [6.45, 7) is 0. The van der Waals surface area contributed by atoms with E-state index in [1.54, 1.807) is 48.5 Å². The van der Waals surface area contributed by atoms with Crippen molar-refractivity contribution in [3.63, 3.8) is 0 Å². The van der Waals surface area contributed by atoms with Gasteiger partial charge in [-0.2, -0.15) is 0 Å². The predicted octanol–water partition coefficient (Wildman–Crippen LogP) is 3.75. The standard InChI is InChI=1S/C28H25NO8/c1-35-20-11-12-22(36-2)21(15-20)26(32)24-25(17-5-4-6-19(30)14-17)29(28(34)27(24)33)18-9-7-16(8-10-18)13-23(31)37-3/h4-12,14-15,25,30,32H,13H2,1-3H3/b26-24+. The molecule has 1 amide bonds. The van der Waals surface area contributed by atoms with Crippen LogP contribution in [0, 0.1) is 0 Å². The average Bonchev–Trinajstić information content (AvgIpc) is 3.18. The lowest BCUT2D eigenvalue weighted by Crippen LogP contribution is -2.29. The molecule has 37 heavy (non-hydrogen) atoms. The van der Waals surface area contributed by atoms with Gasteiger partial charge in [0, 0.05) is 5.69 Å². The zero-order valence-corrected chi connectivity index (χ0v) is 20.4. The number of hydrogen-bond donors (Lipinski definition) is 2. The van der Waals surface area contributed by atoms with Gasteiger partial charge in [-0.05, 0) is 53.6 Å². The number of ether oxygens (including phenoxy) is 3. The van der Waals surface area contributed by atoms with Crippen LogP contribution in [0.25, 0.3) is 5.76 Å². The summed E-state index contributed by atoms with van der Waals surface area (Å²) in [7, 11) is 4.17. The molecule has 3 aromatic rings. The Morgan fingerprint density at radius 3 is 2.30 bits per heavy atom. The summed E-state index contributed by atoms with van der Waals surface area (Å²) >= 11 is 0. The Bertz CT molecular complexity index is 1390. The number of carbonyl (C=O) groups excluding carboxylic acids is 3. The van der Waals surface area contributed by atoms with Crippen LogP contribution in [0.4, 0.5) is 5.69 Å². The Hall–Kier alpha value is -4.79. The molecule has 4 rings (SSSR count). The third kappa shape index (κ3) is 4.84. The van der Waals surface area contributed by atoms with E-state index in [9.17, 15) is 24.6 Å². The second-order valence-corrected chi connectivity index (χ2v) is 8.25. The largest absolute Gasteiger partial charge is 0.508 e. The molecule has 0 spiro atoms. The molecule has 0 radical (unpaired) electrons. The highest BCUT2D eigenvalue weighted by atomic mass is 16.5. The first kappa shape index (κ1) is 25.3. The van der Waals surface area contributed by atoms with Crippen molar-refractivity contribution in [3.05, 3.63) is 89.0 Å². The quantitative estimate of drug-likeness (QED) is 0.216. The first-order valence-corrected chi connectivity index (χ1v) is 11.3. The minimum absolute atomic E-state index is 0.0429. The maximum Gasteiger partial charge on any atom is 0.309 e. The molecule has 0 saturated carbocycles. The number of aliphatic hydroxyl groups excluding tert-OH is 1. The number of carbonyl (C=O) groups is 3. The van der Waals surface area contributed by atoms with E-state index in [2.05, 4.69) is 0 Å². The number of benzene rings is 3. The Labute approximate surface area is 213 Å². The van der Waals surface area contributed by atoms with E-state index in [0.29, 0.717) is 22.6 Å². The van der Waals surface area contributed by atoms with E-state index in [0.717, 1.165) is 0 Å². The molecule has 1 aliphatic heterocycles. The second-order valence-electron chi connectivity index (χ2n) is 8.25. The molecule has 190 valence electrons. The molecule has 1 heterocycles. The van der Waals surface area contributed by atoms with Gasteiger partial charge in [-0.15, -0.1) is 0 Å². The maximum atomic E-state index is 13.4. The van der Waals surface area contributed by atoms with Gasteiger partial charge in [-0.1, -0.05) is 24.3 Å². The van der Waals surface area contributed by atoms with E-state index in [1.807, 2.05) is 0 Å². The second kappa shape index (κ2) is 10.4. The molecule has 9 heteroatoms. The van der Waals surface area contributed by atoms with Crippen LogP contribution in [0.15, 0.2) is 72.3 Å². The molecule has 2 N–H and O–H groups in total. The van der Waals surface area contributed by atoms with Crippen molar-refractivity contribution >= 4 is 29.1 Å². The van der Waals surface area contributed by atoms with Crippen molar-refractivity contribution in [2.75, 3.05) is 26.2 Å². The molecule has 0 aromatic heterocycles. The third-order valence-electron chi connectivity index (χ3n) is 6.08. The van der Waals surface area contributed by atoms with Crippen molar-refractivity contribution in [1.29, 1.82) is 0 Å². The lowest BCUT2D eigenvalue weighted by atomic mass is 9.94. The molecule has 1 atom stereocenters. The van der Waals surface area contributed by atoms with Gasteiger partial charge in [0.25, 0.3) is 11.7 Å². The van der Waals surface area contributed by atoms with Crippen LogP contribution in [0.5, 0.6) is 17.2 Å². The van der Waals surface area contributed by atoms with E-state index >= 15 is 0 Å². The Balaban J connectivity index is 1.90. The number of aromatic hydroxyl groups is 1. The fourth-order valence-electron chi connectivity index (χ4n) is 4.27. The number of ketones is 1. The van der Waals surface area contributed by atoms with Crippen LogP contribution in [0.3, 0.4) is 0 Å². The van der Waals surface area contributed by atoms with Crippen LogP contribution >= 0.6 is 0 Å². The van der Waals surface area contributed by atoms with Crippen LogP contribution in [-0.2, 0) is 25.5 Å². The molecular formula is C28H25NO8. The van der Waals surface area contributed by atoms with E-state index in [1.165, 1.54) is 44.4 Å². The first-order valence-electron chi connectivity index (χ1n) is 11.3. The summed E-state index contributed by atoms with van der Waals surface area (Å²) in [5, 5.41) is 21.6. The summed E-state index contributed by atoms with van der Waals surface area (Å²) in [6.07, 6.45) is 0.0429. The summed E-state index contributed by atoms with van der Waals surface area (Å²) < 4.78 is 15.3. The zero-order valence-electron chi connectivity index (χ0n) is 20.4. The molecule has 1 unspecified atom stereocenters. The number of methoxy groups -OCH3 is 3. The fraction of sp³-hybridized carbons (Fsp3) is 0.179. The lowest BCUT2D eigenvalue weighted by molar-refractivity contribution is -0.139. The molecule has 1 saturated heterocycles. The highest BCUT2D eigenvalue weighted by molar-refractivity contribution is 6.51. The molecule has 1 aliphatic rings. The Morgan fingerprint density at radius 2 is 1.68 bits per heavy atom. The maximum absolute atomic E-state index is 13.4. The van der Waals surface area contributed by atoms with Crippen molar-refractivity contribution in [1.82, 2.24) is 0 Å². The number of phenols is 1. The molecule has 3 aromatic carbocycles. The third-order valence-corrected chi connectivity index (χ3v) is 6.08.